The Labute approximate surface area is 110 Å². The van der Waals surface area contributed by atoms with Crippen LogP contribution < -0.4 is 0 Å². The number of aryl methyl sites for hydroxylation is 1. The molecular weight excluding hydrogens is 242 g/mol. The number of aromatic nitrogens is 2. The maximum atomic E-state index is 11.0. The average Bonchev–Trinajstić information content (AvgIpc) is 2.69. The Kier molecular flexibility index (Phi) is 2.48. The van der Waals surface area contributed by atoms with E-state index in [0.717, 1.165) is 22.4 Å². The largest absolute Gasteiger partial charge is 0.435 e. The second kappa shape index (κ2) is 4.05. The Balaban J connectivity index is 2.17. The molecule has 0 unspecified atom stereocenters. The molecule has 1 aliphatic heterocycles. The molecule has 1 aromatic heterocycles. The third-order valence-corrected chi connectivity index (χ3v) is 3.45. The molecule has 1 aliphatic rings. The van der Waals surface area contributed by atoms with E-state index >= 15 is 0 Å². The smallest absolute Gasteiger partial charge is 0.390 e. The van der Waals surface area contributed by atoms with E-state index in [4.69, 9.17) is 0 Å². The maximum Gasteiger partial charge on any atom is 0.435 e. The lowest BCUT2D eigenvalue weighted by atomic mass is 9.97. The zero-order chi connectivity index (χ0) is 13.6. The van der Waals surface area contributed by atoms with Crippen molar-refractivity contribution in [3.63, 3.8) is 0 Å². The number of nitro groups is 1. The van der Waals surface area contributed by atoms with Crippen LogP contribution in [0.5, 0.6) is 0 Å². The van der Waals surface area contributed by atoms with Crippen LogP contribution in [0.15, 0.2) is 31.0 Å². The summed E-state index contributed by atoms with van der Waals surface area (Å²) in [6.07, 6.45) is 2.17. The third-order valence-electron chi connectivity index (χ3n) is 3.45. The van der Waals surface area contributed by atoms with Crippen molar-refractivity contribution in [3.8, 4) is 0 Å². The molecule has 0 bridgehead atoms. The Hall–Kier alpha value is -2.43. The van der Waals surface area contributed by atoms with E-state index in [-0.39, 0.29) is 5.95 Å². The molecule has 0 fully saturated rings. The second-order valence-corrected chi connectivity index (χ2v) is 4.83. The van der Waals surface area contributed by atoms with Gasteiger partial charge in [-0.3, -0.25) is 0 Å². The summed E-state index contributed by atoms with van der Waals surface area (Å²) in [5.41, 5.74) is 5.13. The minimum atomic E-state index is -0.439. The van der Waals surface area contributed by atoms with Crippen molar-refractivity contribution in [2.45, 2.75) is 19.9 Å². The number of allylic oxidation sites excluding steroid dienone is 1. The minimum Gasteiger partial charge on any atom is -0.390 e. The van der Waals surface area contributed by atoms with E-state index < -0.39 is 4.92 Å². The van der Waals surface area contributed by atoms with Crippen LogP contribution in [-0.4, -0.2) is 14.5 Å². The Bertz CT molecular complexity index is 701. The van der Waals surface area contributed by atoms with Gasteiger partial charge in [0.15, 0.2) is 0 Å². The van der Waals surface area contributed by atoms with Gasteiger partial charge in [0.05, 0.1) is 6.54 Å². The molecule has 0 saturated heterocycles. The van der Waals surface area contributed by atoms with Gasteiger partial charge in [0.25, 0.3) is 0 Å². The predicted octanol–water partition coefficient (Wildman–Crippen LogP) is 2.72. The zero-order valence-electron chi connectivity index (χ0n) is 10.6. The highest BCUT2D eigenvalue weighted by Gasteiger charge is 2.25. The Morgan fingerprint density at radius 2 is 2.26 bits per heavy atom. The summed E-state index contributed by atoms with van der Waals surface area (Å²) < 4.78 is 1.66. The summed E-state index contributed by atoms with van der Waals surface area (Å²) >= 11 is 0. The fourth-order valence-corrected chi connectivity index (χ4v) is 2.50. The zero-order valence-corrected chi connectivity index (χ0v) is 10.6. The summed E-state index contributed by atoms with van der Waals surface area (Å²) in [5.74, 6) is -0.101. The normalized spacial score (nSPS) is 13.6. The maximum absolute atomic E-state index is 11.0. The molecule has 2 heterocycles. The molecular formula is C14H13N3O2. The van der Waals surface area contributed by atoms with E-state index in [1.54, 1.807) is 10.8 Å². The van der Waals surface area contributed by atoms with E-state index in [0.29, 0.717) is 13.0 Å². The van der Waals surface area contributed by atoms with Crippen molar-refractivity contribution >= 4 is 11.5 Å². The highest BCUT2D eigenvalue weighted by Crippen LogP contribution is 2.30. The fraction of sp³-hybridized carbons (Fsp3) is 0.214. The molecule has 0 amide bonds. The lowest BCUT2D eigenvalue weighted by Crippen LogP contribution is -2.06. The van der Waals surface area contributed by atoms with Crippen LogP contribution >= 0.6 is 0 Å². The van der Waals surface area contributed by atoms with Gasteiger partial charge < -0.3 is 10.1 Å². The molecule has 5 nitrogen and oxygen atoms in total. The molecule has 0 aliphatic carbocycles. The van der Waals surface area contributed by atoms with Gasteiger partial charge in [-0.05, 0) is 28.5 Å². The summed E-state index contributed by atoms with van der Waals surface area (Å²) in [6.45, 7) is 6.60. The molecule has 2 aromatic rings. The van der Waals surface area contributed by atoms with Gasteiger partial charge in [-0.1, -0.05) is 35.3 Å². The van der Waals surface area contributed by atoms with Gasteiger partial charge in [-0.2, -0.15) is 0 Å². The Morgan fingerprint density at radius 3 is 3.00 bits per heavy atom. The van der Waals surface area contributed by atoms with Crippen molar-refractivity contribution in [3.05, 3.63) is 63.5 Å². The molecule has 0 spiro atoms. The number of nitrogens with zero attached hydrogens (tertiary/aromatic N) is 3. The van der Waals surface area contributed by atoms with Crippen LogP contribution in [0.1, 0.15) is 22.4 Å². The average molecular weight is 255 g/mol. The molecule has 19 heavy (non-hydrogen) atoms. The summed E-state index contributed by atoms with van der Waals surface area (Å²) in [7, 11) is 0. The molecule has 0 saturated carbocycles. The molecule has 0 N–H and O–H groups in total. The van der Waals surface area contributed by atoms with E-state index in [1.807, 2.05) is 19.1 Å². The van der Waals surface area contributed by atoms with Crippen molar-refractivity contribution in [2.24, 2.45) is 0 Å². The van der Waals surface area contributed by atoms with Crippen LogP contribution in [0.25, 0.3) is 5.57 Å². The molecule has 3 rings (SSSR count). The van der Waals surface area contributed by atoms with Crippen LogP contribution in [0.4, 0.5) is 5.95 Å². The van der Waals surface area contributed by atoms with E-state index in [1.165, 1.54) is 5.56 Å². The number of imidazole rings is 1. The van der Waals surface area contributed by atoms with Crippen LogP contribution in [0, 0.1) is 17.0 Å². The number of rotatable bonds is 1. The molecule has 96 valence electrons. The number of fused-ring (bicyclic) bond motifs is 2. The topological polar surface area (TPSA) is 61.0 Å². The van der Waals surface area contributed by atoms with Crippen LogP contribution in [0.3, 0.4) is 0 Å². The van der Waals surface area contributed by atoms with Gasteiger partial charge in [0.1, 0.15) is 11.9 Å². The highest BCUT2D eigenvalue weighted by molar-refractivity contribution is 5.69. The first-order valence-corrected chi connectivity index (χ1v) is 6.02. The number of hydrogen-bond donors (Lipinski definition) is 0. The molecule has 5 heteroatoms. The van der Waals surface area contributed by atoms with Crippen molar-refractivity contribution < 1.29 is 4.92 Å². The molecule has 0 radical (unpaired) electrons. The fourth-order valence-electron chi connectivity index (χ4n) is 2.50. The van der Waals surface area contributed by atoms with E-state index in [2.05, 4.69) is 17.6 Å². The monoisotopic (exact) mass is 255 g/mol. The summed E-state index contributed by atoms with van der Waals surface area (Å²) in [5, 5.41) is 11.0. The van der Waals surface area contributed by atoms with Gasteiger partial charge in [-0.15, -0.1) is 0 Å². The van der Waals surface area contributed by atoms with Gasteiger partial charge in [-0.25, -0.2) is 4.57 Å². The lowest BCUT2D eigenvalue weighted by Gasteiger charge is -2.07. The Morgan fingerprint density at radius 1 is 1.47 bits per heavy atom. The van der Waals surface area contributed by atoms with Gasteiger partial charge in [0.2, 0.25) is 0 Å². The van der Waals surface area contributed by atoms with Crippen molar-refractivity contribution in [1.29, 1.82) is 0 Å². The third kappa shape index (κ3) is 1.83. The SMILES string of the molecule is C=C1Cc2cnc([N+](=O)[O-])n2Cc2ccc(C)cc21. The first kappa shape index (κ1) is 11.6. The predicted molar refractivity (Wildman–Crippen MR) is 71.9 cm³/mol. The quantitative estimate of drug-likeness (QED) is 0.581. The molecule has 0 atom stereocenters. The summed E-state index contributed by atoms with van der Waals surface area (Å²) in [4.78, 5) is 14.4. The first-order valence-electron chi connectivity index (χ1n) is 6.02. The van der Waals surface area contributed by atoms with Gasteiger partial charge in [0, 0.05) is 6.42 Å². The van der Waals surface area contributed by atoms with Crippen LogP contribution in [-0.2, 0) is 13.0 Å². The first-order chi connectivity index (χ1) is 9.06. The van der Waals surface area contributed by atoms with Gasteiger partial charge >= 0.3 is 5.95 Å². The summed E-state index contributed by atoms with van der Waals surface area (Å²) in [6, 6.07) is 6.11. The van der Waals surface area contributed by atoms with Crippen molar-refractivity contribution in [2.75, 3.05) is 0 Å². The number of benzene rings is 1. The minimum absolute atomic E-state index is 0.101. The second-order valence-electron chi connectivity index (χ2n) is 4.83. The highest BCUT2D eigenvalue weighted by atomic mass is 16.6. The standard InChI is InChI=1S/C14H13N3O2/c1-9-3-4-11-8-16-12(6-10(2)13(11)5-9)7-15-14(16)17(18)19/h3-5,7H,2,6,8H2,1H3. The molecule has 1 aromatic carbocycles. The van der Waals surface area contributed by atoms with E-state index in [9.17, 15) is 10.1 Å². The number of hydrogen-bond acceptors (Lipinski definition) is 3. The lowest BCUT2D eigenvalue weighted by molar-refractivity contribution is -0.396. The van der Waals surface area contributed by atoms with Crippen LogP contribution in [0.2, 0.25) is 0 Å². The van der Waals surface area contributed by atoms with Crippen molar-refractivity contribution in [1.82, 2.24) is 9.55 Å².